The average Bonchev–Trinajstić information content (AvgIpc) is 2.52. The van der Waals surface area contributed by atoms with E-state index in [1.807, 2.05) is 0 Å². The zero-order chi connectivity index (χ0) is 9.68. The lowest BCUT2D eigenvalue weighted by Crippen LogP contribution is -2.23. The monoisotopic (exact) mass is 178 g/mol. The highest BCUT2D eigenvalue weighted by Gasteiger charge is 2.09. The second-order valence-electron chi connectivity index (χ2n) is 2.31. The molecule has 0 saturated carbocycles. The van der Waals surface area contributed by atoms with Crippen molar-refractivity contribution in [3.05, 3.63) is 11.8 Å². The molecule has 0 aliphatic carbocycles. The molecule has 5 heteroatoms. The molecule has 1 heterocycles. The van der Waals surface area contributed by atoms with Crippen LogP contribution in [0.4, 0.5) is 5.82 Å². The summed E-state index contributed by atoms with van der Waals surface area (Å²) in [6.45, 7) is 2.03. The van der Waals surface area contributed by atoms with E-state index in [9.17, 15) is 4.79 Å². The van der Waals surface area contributed by atoms with Gasteiger partial charge in [0.05, 0.1) is 12.7 Å². The molecule has 0 bridgehead atoms. The number of nitrogen functional groups attached to an aromatic ring is 1. The molecule has 0 aromatic carbocycles. The number of H-pyrrole nitrogens is 1. The summed E-state index contributed by atoms with van der Waals surface area (Å²) in [6, 6.07) is 0. The van der Waals surface area contributed by atoms with E-state index in [0.717, 1.165) is 0 Å². The van der Waals surface area contributed by atoms with Crippen molar-refractivity contribution in [3.63, 3.8) is 0 Å². The van der Waals surface area contributed by atoms with Gasteiger partial charge in [-0.25, -0.2) is 0 Å². The number of hydrogen-bond acceptors (Lipinski definition) is 3. The highest BCUT2D eigenvalue weighted by molar-refractivity contribution is 5.98. The smallest absolute Gasteiger partial charge is 0.257 e. The molecule has 4 N–H and O–H groups in total. The van der Waals surface area contributed by atoms with E-state index in [4.69, 9.17) is 5.73 Å². The Hall–Kier alpha value is -1.96. The van der Waals surface area contributed by atoms with Crippen LogP contribution in [0.5, 0.6) is 0 Å². The fraction of sp³-hybridized carbons (Fsp3) is 0.250. The van der Waals surface area contributed by atoms with Crippen LogP contribution in [0.25, 0.3) is 0 Å². The van der Waals surface area contributed by atoms with Gasteiger partial charge in [0.25, 0.3) is 5.91 Å². The number of aromatic amines is 1. The molecule has 0 radical (unpaired) electrons. The van der Waals surface area contributed by atoms with Crippen LogP contribution in [0.1, 0.15) is 17.3 Å². The number of carbonyl (C=O) groups is 1. The summed E-state index contributed by atoms with van der Waals surface area (Å²) in [7, 11) is 0. The molecule has 0 saturated heterocycles. The minimum absolute atomic E-state index is 0.266. The second kappa shape index (κ2) is 4.16. The fourth-order valence-corrected chi connectivity index (χ4v) is 0.785. The molecule has 0 fully saturated rings. The first-order valence-electron chi connectivity index (χ1n) is 3.72. The number of amides is 1. The third-order valence-corrected chi connectivity index (χ3v) is 1.43. The Kier molecular flexibility index (Phi) is 2.92. The summed E-state index contributed by atoms with van der Waals surface area (Å²) in [6.07, 6.45) is 1.38. The van der Waals surface area contributed by atoms with E-state index in [-0.39, 0.29) is 11.7 Å². The highest BCUT2D eigenvalue weighted by Crippen LogP contribution is 2.04. The fourth-order valence-electron chi connectivity index (χ4n) is 0.785. The summed E-state index contributed by atoms with van der Waals surface area (Å²) < 4.78 is 0. The lowest BCUT2D eigenvalue weighted by molar-refractivity contribution is 0.0959. The molecule has 13 heavy (non-hydrogen) atoms. The van der Waals surface area contributed by atoms with Gasteiger partial charge in [-0.3, -0.25) is 9.89 Å². The largest absolute Gasteiger partial charge is 0.383 e. The number of anilines is 1. The number of hydrogen-bond donors (Lipinski definition) is 3. The summed E-state index contributed by atoms with van der Waals surface area (Å²) in [5.74, 6) is 5.37. The van der Waals surface area contributed by atoms with E-state index >= 15 is 0 Å². The van der Waals surface area contributed by atoms with Crippen LogP contribution in [0.2, 0.25) is 0 Å². The maximum atomic E-state index is 11.3. The van der Waals surface area contributed by atoms with Crippen molar-refractivity contribution < 1.29 is 4.79 Å². The third kappa shape index (κ3) is 2.24. The molecule has 0 aliphatic rings. The molecule has 5 nitrogen and oxygen atoms in total. The van der Waals surface area contributed by atoms with Crippen LogP contribution >= 0.6 is 0 Å². The van der Waals surface area contributed by atoms with Gasteiger partial charge in [0.1, 0.15) is 11.4 Å². The van der Waals surface area contributed by atoms with E-state index < -0.39 is 0 Å². The van der Waals surface area contributed by atoms with Crippen LogP contribution in [0.15, 0.2) is 6.20 Å². The van der Waals surface area contributed by atoms with Gasteiger partial charge in [-0.2, -0.15) is 5.10 Å². The van der Waals surface area contributed by atoms with Crippen molar-refractivity contribution >= 4 is 11.7 Å². The van der Waals surface area contributed by atoms with E-state index in [1.54, 1.807) is 6.92 Å². The first-order chi connectivity index (χ1) is 6.25. The molecule has 1 amide bonds. The Balaban J connectivity index is 2.57. The van der Waals surface area contributed by atoms with Crippen molar-refractivity contribution in [2.24, 2.45) is 0 Å². The number of nitrogens with one attached hydrogen (secondary N) is 2. The first kappa shape index (κ1) is 9.13. The van der Waals surface area contributed by atoms with Gasteiger partial charge in [0, 0.05) is 0 Å². The zero-order valence-corrected chi connectivity index (χ0v) is 7.22. The number of rotatable bonds is 2. The van der Waals surface area contributed by atoms with Crippen molar-refractivity contribution in [2.45, 2.75) is 6.92 Å². The first-order valence-corrected chi connectivity index (χ1v) is 3.72. The van der Waals surface area contributed by atoms with E-state index in [0.29, 0.717) is 12.1 Å². The van der Waals surface area contributed by atoms with Crippen molar-refractivity contribution in [1.29, 1.82) is 0 Å². The molecule has 0 atom stereocenters. The maximum Gasteiger partial charge on any atom is 0.257 e. The van der Waals surface area contributed by atoms with E-state index in [1.165, 1.54) is 6.20 Å². The summed E-state index contributed by atoms with van der Waals surface area (Å²) in [5.41, 5.74) is 5.78. The Morgan fingerprint density at radius 1 is 1.85 bits per heavy atom. The number of nitrogens with zero attached hydrogens (tertiary/aromatic N) is 1. The van der Waals surface area contributed by atoms with Gasteiger partial charge in [0.2, 0.25) is 0 Å². The molecule has 0 spiro atoms. The number of aromatic nitrogens is 2. The van der Waals surface area contributed by atoms with Gasteiger partial charge >= 0.3 is 0 Å². The molecule has 68 valence electrons. The van der Waals surface area contributed by atoms with Crippen molar-refractivity contribution in [3.8, 4) is 11.8 Å². The standard InChI is InChI=1S/C8H10N4O/c1-2-3-4-10-8(13)6-5-11-12-7(6)9/h5H,4H2,1H3,(H,10,13)(H3,9,11,12). The normalized spacial score (nSPS) is 8.69. The number of nitrogens with two attached hydrogens (primary N) is 1. The molecule has 0 unspecified atom stereocenters. The Morgan fingerprint density at radius 2 is 2.62 bits per heavy atom. The highest BCUT2D eigenvalue weighted by atomic mass is 16.1. The van der Waals surface area contributed by atoms with Gasteiger partial charge in [-0.1, -0.05) is 5.92 Å². The van der Waals surface area contributed by atoms with Crippen LogP contribution in [0, 0.1) is 11.8 Å². The summed E-state index contributed by atoms with van der Waals surface area (Å²) >= 11 is 0. The average molecular weight is 178 g/mol. The molecule has 0 aliphatic heterocycles. The molecule has 1 aromatic heterocycles. The molecule has 1 aromatic rings. The zero-order valence-electron chi connectivity index (χ0n) is 7.22. The van der Waals surface area contributed by atoms with Gasteiger partial charge in [0.15, 0.2) is 0 Å². The van der Waals surface area contributed by atoms with Crippen LogP contribution in [-0.4, -0.2) is 22.6 Å². The predicted octanol–water partition coefficient (Wildman–Crippen LogP) is -0.255. The van der Waals surface area contributed by atoms with E-state index in [2.05, 4.69) is 27.4 Å². The minimum atomic E-state index is -0.269. The maximum absolute atomic E-state index is 11.3. The lowest BCUT2D eigenvalue weighted by atomic mass is 10.3. The Morgan fingerprint density at radius 3 is 3.15 bits per heavy atom. The predicted molar refractivity (Wildman–Crippen MR) is 48.8 cm³/mol. The summed E-state index contributed by atoms with van der Waals surface area (Å²) in [5, 5.41) is 8.67. The van der Waals surface area contributed by atoms with Gasteiger partial charge < -0.3 is 11.1 Å². The van der Waals surface area contributed by atoms with Crippen molar-refractivity contribution in [2.75, 3.05) is 12.3 Å². The third-order valence-electron chi connectivity index (χ3n) is 1.43. The van der Waals surface area contributed by atoms with Gasteiger partial charge in [-0.05, 0) is 6.92 Å². The topological polar surface area (TPSA) is 83.8 Å². The lowest BCUT2D eigenvalue weighted by Gasteiger charge is -1.97. The second-order valence-corrected chi connectivity index (χ2v) is 2.31. The van der Waals surface area contributed by atoms with Crippen LogP contribution in [0.3, 0.4) is 0 Å². The number of carbonyl (C=O) groups excluding carboxylic acids is 1. The Bertz CT molecular complexity index is 358. The van der Waals surface area contributed by atoms with Gasteiger partial charge in [-0.15, -0.1) is 5.92 Å². The Labute approximate surface area is 75.7 Å². The minimum Gasteiger partial charge on any atom is -0.383 e. The quantitative estimate of drug-likeness (QED) is 0.546. The van der Waals surface area contributed by atoms with Crippen molar-refractivity contribution in [1.82, 2.24) is 15.5 Å². The SMILES string of the molecule is CC#CCNC(=O)c1cn[nH]c1N. The molecular weight excluding hydrogens is 168 g/mol. The van der Waals surface area contributed by atoms with Crippen LogP contribution < -0.4 is 11.1 Å². The van der Waals surface area contributed by atoms with Crippen LogP contribution in [-0.2, 0) is 0 Å². The molecular formula is C8H10N4O. The molecule has 1 rings (SSSR count). The summed E-state index contributed by atoms with van der Waals surface area (Å²) in [4.78, 5) is 11.3.